The highest BCUT2D eigenvalue weighted by atomic mass is 16.5. The number of nitrogens with one attached hydrogen (secondary N) is 2. The van der Waals surface area contributed by atoms with Crippen molar-refractivity contribution in [3.8, 4) is 6.07 Å². The Morgan fingerprint density at radius 1 is 1.37 bits per heavy atom. The molecule has 2 rings (SSSR count). The molecule has 27 heavy (non-hydrogen) atoms. The molecule has 1 aromatic carbocycles. The normalized spacial score (nSPS) is 12.0. The van der Waals surface area contributed by atoms with Gasteiger partial charge in [-0.3, -0.25) is 14.3 Å². The Balaban J connectivity index is 2.14. The minimum atomic E-state index is -0.689. The topological polar surface area (TPSA) is 109 Å². The van der Waals surface area contributed by atoms with Crippen molar-refractivity contribution in [3.63, 3.8) is 0 Å². The van der Waals surface area contributed by atoms with Crippen molar-refractivity contribution < 1.29 is 14.3 Å². The number of nitriles is 1. The Morgan fingerprint density at radius 2 is 2.15 bits per heavy atom. The van der Waals surface area contributed by atoms with Crippen molar-refractivity contribution in [2.45, 2.75) is 32.9 Å². The molecular weight excluding hydrogens is 346 g/mol. The second-order valence-corrected chi connectivity index (χ2v) is 6.67. The van der Waals surface area contributed by atoms with E-state index in [0.29, 0.717) is 25.1 Å². The maximum Gasteiger partial charge on any atom is 0.251 e. The summed E-state index contributed by atoms with van der Waals surface area (Å²) < 4.78 is 6.89. The molecule has 1 aromatic heterocycles. The van der Waals surface area contributed by atoms with Gasteiger partial charge >= 0.3 is 0 Å². The van der Waals surface area contributed by atoms with Crippen LogP contribution in [-0.4, -0.2) is 47.9 Å². The lowest BCUT2D eigenvalue weighted by atomic mass is 10.0. The van der Waals surface area contributed by atoms with Gasteiger partial charge in [-0.1, -0.05) is 13.8 Å². The van der Waals surface area contributed by atoms with Crippen LogP contribution < -0.4 is 10.6 Å². The number of carbonyl (C=O) groups is 2. The van der Waals surface area contributed by atoms with E-state index in [2.05, 4.69) is 15.7 Å². The van der Waals surface area contributed by atoms with Crippen LogP contribution in [0.25, 0.3) is 10.9 Å². The first-order valence-corrected chi connectivity index (χ1v) is 8.86. The summed E-state index contributed by atoms with van der Waals surface area (Å²) in [6, 6.07) is 6.47. The van der Waals surface area contributed by atoms with Crippen LogP contribution in [-0.2, 0) is 16.1 Å². The Morgan fingerprint density at radius 3 is 2.81 bits per heavy atom. The van der Waals surface area contributed by atoms with Crippen LogP contribution in [0, 0.1) is 17.2 Å². The van der Waals surface area contributed by atoms with Gasteiger partial charge in [0.2, 0.25) is 5.91 Å². The Bertz CT molecular complexity index is 837. The molecule has 0 fully saturated rings. The van der Waals surface area contributed by atoms with Crippen molar-refractivity contribution in [1.82, 2.24) is 20.4 Å². The summed E-state index contributed by atoms with van der Waals surface area (Å²) in [5, 5.41) is 19.1. The lowest BCUT2D eigenvalue weighted by Gasteiger charge is -2.19. The molecule has 0 saturated heterocycles. The zero-order valence-corrected chi connectivity index (χ0v) is 15.9. The molecule has 0 bridgehead atoms. The van der Waals surface area contributed by atoms with E-state index in [1.807, 2.05) is 30.7 Å². The quantitative estimate of drug-likeness (QED) is 0.649. The minimum Gasteiger partial charge on any atom is -0.383 e. The van der Waals surface area contributed by atoms with Gasteiger partial charge in [-0.2, -0.15) is 10.4 Å². The number of aromatic nitrogens is 2. The number of carbonyl (C=O) groups excluding carboxylic acids is 2. The standard InChI is InChI=1S/C19H25N5O3/c1-13(2)10-16(19(26)21-7-6-20)23-18(25)14-4-5-17-15(11-14)12-22-24(17)8-9-27-3/h4-5,11-13,16H,7-10H2,1-3H3,(H,21,26)(H,23,25). The lowest BCUT2D eigenvalue weighted by molar-refractivity contribution is -0.123. The summed E-state index contributed by atoms with van der Waals surface area (Å²) in [7, 11) is 1.63. The third-order valence-corrected chi connectivity index (χ3v) is 4.08. The summed E-state index contributed by atoms with van der Waals surface area (Å²) in [5.74, 6) is -0.476. The monoisotopic (exact) mass is 371 g/mol. The Kier molecular flexibility index (Phi) is 7.32. The van der Waals surface area contributed by atoms with E-state index < -0.39 is 6.04 Å². The Hall–Kier alpha value is -2.92. The van der Waals surface area contributed by atoms with Crippen LogP contribution in [0.1, 0.15) is 30.6 Å². The van der Waals surface area contributed by atoms with E-state index in [-0.39, 0.29) is 24.3 Å². The van der Waals surface area contributed by atoms with Crippen molar-refractivity contribution in [2.75, 3.05) is 20.3 Å². The molecule has 0 radical (unpaired) electrons. The summed E-state index contributed by atoms with van der Waals surface area (Å²) in [6.45, 7) is 5.03. The number of ether oxygens (including phenoxy) is 1. The summed E-state index contributed by atoms with van der Waals surface area (Å²) >= 11 is 0. The number of amides is 2. The first-order valence-electron chi connectivity index (χ1n) is 8.86. The molecule has 2 amide bonds. The van der Waals surface area contributed by atoms with Crippen molar-refractivity contribution in [2.24, 2.45) is 5.92 Å². The van der Waals surface area contributed by atoms with Crippen LogP contribution in [0.15, 0.2) is 24.4 Å². The van der Waals surface area contributed by atoms with Gasteiger partial charge in [-0.05, 0) is 30.5 Å². The molecule has 0 aliphatic heterocycles. The van der Waals surface area contributed by atoms with Gasteiger partial charge < -0.3 is 15.4 Å². The van der Waals surface area contributed by atoms with E-state index >= 15 is 0 Å². The number of hydrogen-bond acceptors (Lipinski definition) is 5. The summed E-state index contributed by atoms with van der Waals surface area (Å²) in [4.78, 5) is 24.9. The molecule has 0 aliphatic rings. The maximum absolute atomic E-state index is 12.6. The van der Waals surface area contributed by atoms with Crippen LogP contribution >= 0.6 is 0 Å². The fourth-order valence-corrected chi connectivity index (χ4v) is 2.78. The van der Waals surface area contributed by atoms with Gasteiger partial charge in [0, 0.05) is 18.1 Å². The number of nitrogens with zero attached hydrogens (tertiary/aromatic N) is 3. The van der Waals surface area contributed by atoms with Crippen LogP contribution in [0.2, 0.25) is 0 Å². The summed E-state index contributed by atoms with van der Waals surface area (Å²) in [5.41, 5.74) is 1.37. The number of benzene rings is 1. The van der Waals surface area contributed by atoms with Gasteiger partial charge in [-0.15, -0.1) is 0 Å². The SMILES string of the molecule is COCCn1ncc2cc(C(=O)NC(CC(C)C)C(=O)NCC#N)ccc21. The number of methoxy groups -OCH3 is 1. The molecule has 144 valence electrons. The predicted octanol–water partition coefficient (Wildman–Crippen LogP) is 1.47. The molecule has 0 spiro atoms. The molecule has 1 atom stereocenters. The van der Waals surface area contributed by atoms with Crippen LogP contribution in [0.4, 0.5) is 0 Å². The Labute approximate surface area is 158 Å². The highest BCUT2D eigenvalue weighted by Crippen LogP contribution is 2.16. The highest BCUT2D eigenvalue weighted by Gasteiger charge is 2.22. The highest BCUT2D eigenvalue weighted by molar-refractivity contribution is 6.00. The average molecular weight is 371 g/mol. The van der Waals surface area contributed by atoms with Crippen molar-refractivity contribution in [1.29, 1.82) is 5.26 Å². The van der Waals surface area contributed by atoms with E-state index in [9.17, 15) is 9.59 Å². The van der Waals surface area contributed by atoms with Gasteiger partial charge in [0.1, 0.15) is 12.6 Å². The lowest BCUT2D eigenvalue weighted by Crippen LogP contribution is -2.47. The van der Waals surface area contributed by atoms with E-state index in [1.165, 1.54) is 0 Å². The van der Waals surface area contributed by atoms with Gasteiger partial charge in [0.15, 0.2) is 0 Å². The van der Waals surface area contributed by atoms with E-state index in [4.69, 9.17) is 10.00 Å². The largest absolute Gasteiger partial charge is 0.383 e. The van der Waals surface area contributed by atoms with E-state index in [1.54, 1.807) is 25.4 Å². The molecule has 8 heteroatoms. The molecule has 1 unspecified atom stereocenters. The first-order chi connectivity index (χ1) is 13.0. The number of hydrogen-bond donors (Lipinski definition) is 2. The third kappa shape index (κ3) is 5.53. The zero-order chi connectivity index (χ0) is 19.8. The van der Waals surface area contributed by atoms with Gasteiger partial charge in [0.25, 0.3) is 5.91 Å². The molecule has 2 aromatic rings. The second kappa shape index (κ2) is 9.69. The minimum absolute atomic E-state index is 0.0874. The number of rotatable bonds is 9. The third-order valence-electron chi connectivity index (χ3n) is 4.08. The number of fused-ring (bicyclic) bond motifs is 1. The van der Waals surface area contributed by atoms with Crippen LogP contribution in [0.5, 0.6) is 0 Å². The maximum atomic E-state index is 12.6. The fraction of sp³-hybridized carbons (Fsp3) is 0.474. The van der Waals surface area contributed by atoms with Gasteiger partial charge in [-0.25, -0.2) is 0 Å². The van der Waals surface area contributed by atoms with Gasteiger partial charge in [0.05, 0.1) is 30.9 Å². The molecule has 2 N–H and O–H groups in total. The van der Waals surface area contributed by atoms with Crippen molar-refractivity contribution >= 4 is 22.7 Å². The molecule has 1 heterocycles. The molecule has 0 aliphatic carbocycles. The first kappa shape index (κ1) is 20.4. The van der Waals surface area contributed by atoms with Crippen LogP contribution in [0.3, 0.4) is 0 Å². The summed E-state index contributed by atoms with van der Waals surface area (Å²) in [6.07, 6.45) is 2.19. The smallest absolute Gasteiger partial charge is 0.251 e. The van der Waals surface area contributed by atoms with Crippen molar-refractivity contribution in [3.05, 3.63) is 30.0 Å². The predicted molar refractivity (Wildman–Crippen MR) is 101 cm³/mol. The second-order valence-electron chi connectivity index (χ2n) is 6.67. The van der Waals surface area contributed by atoms with E-state index in [0.717, 1.165) is 10.9 Å². The molecule has 0 saturated carbocycles. The zero-order valence-electron chi connectivity index (χ0n) is 15.9. The average Bonchev–Trinajstić information content (AvgIpc) is 3.05. The molecular formula is C19H25N5O3. The molecule has 8 nitrogen and oxygen atoms in total. The fourth-order valence-electron chi connectivity index (χ4n) is 2.78.